The van der Waals surface area contributed by atoms with Crippen molar-refractivity contribution in [3.63, 3.8) is 0 Å². The van der Waals surface area contributed by atoms with Crippen LogP contribution in [-0.2, 0) is 11.4 Å². The summed E-state index contributed by atoms with van der Waals surface area (Å²) in [7, 11) is 1.53. The minimum atomic E-state index is -1.31. The Morgan fingerprint density at radius 1 is 1.24 bits per heavy atom. The lowest BCUT2D eigenvalue weighted by Gasteiger charge is -2.12. The molecule has 9 heteroatoms. The maximum absolute atomic E-state index is 11.5. The van der Waals surface area contributed by atoms with Gasteiger partial charge >= 0.3 is 0 Å². The molecule has 0 fully saturated rings. The van der Waals surface area contributed by atoms with Crippen molar-refractivity contribution in [2.24, 2.45) is 0 Å². The van der Waals surface area contributed by atoms with Gasteiger partial charge in [0, 0.05) is 9.38 Å². The third kappa shape index (κ3) is 5.85. The quantitative estimate of drug-likeness (QED) is 0.394. The van der Waals surface area contributed by atoms with Crippen molar-refractivity contribution in [2.45, 2.75) is 18.7 Å². The molecule has 150 valence electrons. The topological polar surface area (TPSA) is 100 Å². The smallest absolute Gasteiger partial charge is 0.213 e. The molecule has 29 heavy (non-hydrogen) atoms. The van der Waals surface area contributed by atoms with Crippen molar-refractivity contribution >= 4 is 39.7 Å². The molecule has 0 amide bonds. The average Bonchev–Trinajstić information content (AvgIpc) is 3.12. The first-order valence-electron chi connectivity index (χ1n) is 8.50. The molecule has 1 aromatic heterocycles. The molecule has 3 aromatic rings. The third-order valence-electron chi connectivity index (χ3n) is 3.77. The molecule has 0 aliphatic rings. The molecule has 0 unspecified atom stereocenters. The van der Waals surface area contributed by atoms with Crippen LogP contribution in [0.1, 0.15) is 17.0 Å². The van der Waals surface area contributed by atoms with Gasteiger partial charge in [0.1, 0.15) is 12.4 Å². The first-order valence-corrected chi connectivity index (χ1v) is 10.1. The van der Waals surface area contributed by atoms with Gasteiger partial charge in [-0.3, -0.25) is 5.10 Å². The van der Waals surface area contributed by atoms with Crippen LogP contribution in [0.15, 0.2) is 57.0 Å². The number of thioether (sulfide) groups is 1. The number of methoxy groups -OCH3 is 1. The molecule has 7 nitrogen and oxygen atoms in total. The van der Waals surface area contributed by atoms with Crippen molar-refractivity contribution in [2.75, 3.05) is 7.11 Å². The molecule has 0 spiro atoms. The fourth-order valence-corrected chi connectivity index (χ4v) is 3.40. The molecule has 0 saturated heterocycles. The predicted octanol–water partition coefficient (Wildman–Crippen LogP) is 3.35. The second-order valence-electron chi connectivity index (χ2n) is 5.93. The Hall–Kier alpha value is -2.78. The highest BCUT2D eigenvalue weighted by Crippen LogP contribution is 2.31. The number of nitrogens with one attached hydrogen (secondary N) is 1. The Bertz CT molecular complexity index is 1030. The van der Waals surface area contributed by atoms with E-state index in [2.05, 4.69) is 31.1 Å². The summed E-state index contributed by atoms with van der Waals surface area (Å²) in [6, 6.07) is 13.0. The summed E-state index contributed by atoms with van der Waals surface area (Å²) in [4.78, 5) is 15.6. The lowest BCUT2D eigenvalue weighted by atomic mass is 10.2. The second-order valence-corrected chi connectivity index (χ2v) is 7.85. The molecular weight excluding hydrogens is 458 g/mol. The first-order chi connectivity index (χ1) is 13.9. The number of carbonyl (C=O) groups excluding carboxylic acids is 1. The van der Waals surface area contributed by atoms with Gasteiger partial charge in [0.15, 0.2) is 11.5 Å². The van der Waals surface area contributed by atoms with E-state index in [4.69, 9.17) is 9.47 Å². The number of ether oxygens (including phenoxy) is 2. The van der Waals surface area contributed by atoms with Gasteiger partial charge in [0.2, 0.25) is 5.16 Å². The number of halogens is 1. The van der Waals surface area contributed by atoms with E-state index in [1.54, 1.807) is 25.1 Å². The number of hydrogen-bond donors (Lipinski definition) is 1. The highest BCUT2D eigenvalue weighted by atomic mass is 79.9. The van der Waals surface area contributed by atoms with E-state index in [9.17, 15) is 9.90 Å². The van der Waals surface area contributed by atoms with E-state index in [-0.39, 0.29) is 4.91 Å². The van der Waals surface area contributed by atoms with E-state index >= 15 is 0 Å². The normalized spacial score (nSPS) is 11.3. The molecule has 3 rings (SSSR count). The Morgan fingerprint density at radius 3 is 2.62 bits per heavy atom. The summed E-state index contributed by atoms with van der Waals surface area (Å²) >= 11 is 4.31. The van der Waals surface area contributed by atoms with E-state index in [0.29, 0.717) is 34.7 Å². The number of carboxylic acids is 1. The van der Waals surface area contributed by atoms with Gasteiger partial charge in [-0.05, 0) is 60.2 Å². The number of carbonyl (C=O) groups is 1. The monoisotopic (exact) mass is 474 g/mol. The Kier molecular flexibility index (Phi) is 6.95. The summed E-state index contributed by atoms with van der Waals surface area (Å²) in [5, 5.41) is 18.4. The van der Waals surface area contributed by atoms with Crippen LogP contribution >= 0.6 is 27.7 Å². The van der Waals surface area contributed by atoms with Crippen LogP contribution in [0.2, 0.25) is 0 Å². The minimum Gasteiger partial charge on any atom is -0.544 e. The lowest BCUT2D eigenvalue weighted by Crippen LogP contribution is -2.23. The molecule has 0 bridgehead atoms. The molecule has 0 aliphatic heterocycles. The number of carboxylic acid groups (broad SMARTS) is 1. The summed E-state index contributed by atoms with van der Waals surface area (Å²) in [5.41, 5.74) is 1.63. The lowest BCUT2D eigenvalue weighted by molar-refractivity contribution is -0.297. The van der Waals surface area contributed by atoms with Gasteiger partial charge < -0.3 is 19.4 Å². The molecule has 0 atom stereocenters. The zero-order valence-electron chi connectivity index (χ0n) is 15.6. The van der Waals surface area contributed by atoms with Crippen molar-refractivity contribution in [1.82, 2.24) is 15.2 Å². The molecular formula is C20H17BrN3O4S-. The van der Waals surface area contributed by atoms with Gasteiger partial charge in [0.05, 0.1) is 13.1 Å². The van der Waals surface area contributed by atoms with Crippen LogP contribution in [0.4, 0.5) is 0 Å². The van der Waals surface area contributed by atoms with E-state index < -0.39 is 5.97 Å². The number of aromatic amines is 1. The maximum Gasteiger partial charge on any atom is 0.213 e. The molecule has 1 heterocycles. The highest BCUT2D eigenvalue weighted by Gasteiger charge is 2.10. The van der Waals surface area contributed by atoms with E-state index in [1.807, 2.05) is 24.3 Å². The number of benzene rings is 2. The summed E-state index contributed by atoms with van der Waals surface area (Å²) < 4.78 is 12.2. The van der Waals surface area contributed by atoms with Gasteiger partial charge in [-0.15, -0.1) is 5.10 Å². The summed E-state index contributed by atoms with van der Waals surface area (Å²) in [6.07, 6.45) is 1.48. The molecule has 2 aromatic carbocycles. The number of aliphatic carboxylic acids is 1. The van der Waals surface area contributed by atoms with E-state index in [0.717, 1.165) is 21.8 Å². The molecule has 0 radical (unpaired) electrons. The van der Waals surface area contributed by atoms with Crippen molar-refractivity contribution in [3.05, 3.63) is 68.8 Å². The van der Waals surface area contributed by atoms with E-state index in [1.165, 1.54) is 13.2 Å². The van der Waals surface area contributed by atoms with Crippen LogP contribution in [0.3, 0.4) is 0 Å². The van der Waals surface area contributed by atoms with Crippen molar-refractivity contribution in [3.8, 4) is 11.5 Å². The second kappa shape index (κ2) is 9.62. The van der Waals surface area contributed by atoms with Gasteiger partial charge in [-0.1, -0.05) is 34.1 Å². The number of hydrogen-bond acceptors (Lipinski definition) is 7. The Labute approximate surface area is 180 Å². The highest BCUT2D eigenvalue weighted by molar-refractivity contribution is 9.10. The molecule has 0 saturated carbocycles. The van der Waals surface area contributed by atoms with Crippen molar-refractivity contribution in [1.29, 1.82) is 0 Å². The Balaban J connectivity index is 1.77. The van der Waals surface area contributed by atoms with Crippen LogP contribution in [0.5, 0.6) is 11.5 Å². The van der Waals surface area contributed by atoms with Crippen LogP contribution in [0, 0.1) is 6.92 Å². The zero-order valence-corrected chi connectivity index (χ0v) is 18.0. The number of nitrogens with zero attached hydrogens (tertiary/aromatic N) is 2. The predicted molar refractivity (Wildman–Crippen MR) is 111 cm³/mol. The number of H-pyrrole nitrogens is 1. The maximum atomic E-state index is 11.5. The van der Waals surface area contributed by atoms with Crippen LogP contribution < -0.4 is 14.6 Å². The molecule has 1 N–H and O–H groups in total. The average molecular weight is 475 g/mol. The first kappa shape index (κ1) is 20.9. The largest absolute Gasteiger partial charge is 0.544 e. The fourth-order valence-electron chi connectivity index (χ4n) is 2.38. The molecule has 0 aliphatic carbocycles. The van der Waals surface area contributed by atoms with Gasteiger partial charge in [0.25, 0.3) is 0 Å². The van der Waals surface area contributed by atoms with Crippen molar-refractivity contribution < 1.29 is 19.4 Å². The van der Waals surface area contributed by atoms with Gasteiger partial charge in [-0.2, -0.15) is 0 Å². The SMILES string of the molecule is COc1cc(/C=C(\Sc2n[nH]c(C)n2)C(=O)[O-])ccc1OCc1ccc(Br)cc1. The number of aromatic nitrogens is 3. The number of rotatable bonds is 8. The summed E-state index contributed by atoms with van der Waals surface area (Å²) in [5.74, 6) is 0.332. The summed E-state index contributed by atoms with van der Waals surface area (Å²) in [6.45, 7) is 2.11. The minimum absolute atomic E-state index is 0.0189. The van der Waals surface area contributed by atoms with Crippen LogP contribution in [-0.4, -0.2) is 28.3 Å². The van der Waals surface area contributed by atoms with Gasteiger partial charge in [-0.25, -0.2) is 4.98 Å². The standard InChI is InChI=1S/C20H18BrN3O4S/c1-12-22-20(24-23-12)29-18(19(25)26)10-14-5-8-16(17(9-14)27-2)28-11-13-3-6-15(21)7-4-13/h3-10H,11H2,1-2H3,(H,25,26)(H,22,23,24)/p-1/b18-10-. The Morgan fingerprint density at radius 2 is 2.00 bits per heavy atom. The van der Waals surface area contributed by atoms with Crippen LogP contribution in [0.25, 0.3) is 6.08 Å². The third-order valence-corrected chi connectivity index (χ3v) is 5.17. The number of aryl methyl sites for hydroxylation is 1. The zero-order chi connectivity index (χ0) is 20.8. The fraction of sp³-hybridized carbons (Fsp3) is 0.150.